The Morgan fingerprint density at radius 1 is 1.00 bits per heavy atom. The first-order valence-electron chi connectivity index (χ1n) is 10.4. The average molecular weight is 396 g/mol. The molecule has 0 bridgehead atoms. The zero-order valence-electron chi connectivity index (χ0n) is 16.8. The van der Waals surface area contributed by atoms with Gasteiger partial charge in [0.15, 0.2) is 0 Å². The third-order valence-corrected chi connectivity index (χ3v) is 6.22. The molecule has 2 heterocycles. The van der Waals surface area contributed by atoms with Crippen LogP contribution in [0.25, 0.3) is 0 Å². The lowest BCUT2D eigenvalue weighted by Gasteiger charge is -2.31. The summed E-state index contributed by atoms with van der Waals surface area (Å²) in [6.07, 6.45) is 5.09. The van der Waals surface area contributed by atoms with Gasteiger partial charge in [-0.05, 0) is 44.4 Å². The minimum Gasteiger partial charge on any atom is -0.353 e. The van der Waals surface area contributed by atoms with E-state index in [-0.39, 0.29) is 35.7 Å². The van der Waals surface area contributed by atoms with Gasteiger partial charge < -0.3 is 15.5 Å². The third-order valence-electron chi connectivity index (χ3n) is 6.22. The molecule has 1 aromatic heterocycles. The van der Waals surface area contributed by atoms with E-state index < -0.39 is 0 Å². The smallest absolute Gasteiger partial charge is 0.269 e. The van der Waals surface area contributed by atoms with Gasteiger partial charge in [-0.15, -0.1) is 0 Å². The van der Waals surface area contributed by atoms with Crippen LogP contribution in [0.1, 0.15) is 47.7 Å². The minimum atomic E-state index is -0.116. The predicted octanol–water partition coefficient (Wildman–Crippen LogP) is 1.91. The molecule has 154 valence electrons. The van der Waals surface area contributed by atoms with Gasteiger partial charge in [0.1, 0.15) is 5.69 Å². The Morgan fingerprint density at radius 2 is 1.69 bits per heavy atom. The molecule has 1 saturated heterocycles. The summed E-state index contributed by atoms with van der Waals surface area (Å²) < 4.78 is 0. The van der Waals surface area contributed by atoms with E-state index in [0.29, 0.717) is 5.69 Å². The molecule has 7 heteroatoms. The van der Waals surface area contributed by atoms with Crippen LogP contribution < -0.4 is 10.6 Å². The quantitative estimate of drug-likeness (QED) is 0.721. The zero-order chi connectivity index (χ0) is 20.2. The van der Waals surface area contributed by atoms with E-state index in [4.69, 9.17) is 0 Å². The first-order chi connectivity index (χ1) is 14.1. The van der Waals surface area contributed by atoms with Crippen molar-refractivity contribution >= 4 is 11.8 Å². The summed E-state index contributed by atoms with van der Waals surface area (Å²) in [7, 11) is 2.08. The molecule has 29 heavy (non-hydrogen) atoms. The zero-order valence-corrected chi connectivity index (χ0v) is 16.8. The first-order valence-corrected chi connectivity index (χ1v) is 10.4. The van der Waals surface area contributed by atoms with Gasteiger partial charge in [0.25, 0.3) is 5.91 Å². The van der Waals surface area contributed by atoms with E-state index in [9.17, 15) is 9.59 Å². The van der Waals surface area contributed by atoms with Gasteiger partial charge in [-0.3, -0.25) is 14.7 Å². The number of aromatic amines is 1. The number of aromatic nitrogens is 2. The Hall–Kier alpha value is -2.67. The third kappa shape index (κ3) is 4.67. The molecule has 1 aromatic carbocycles. The van der Waals surface area contributed by atoms with E-state index >= 15 is 0 Å². The van der Waals surface area contributed by atoms with E-state index in [0.717, 1.165) is 38.8 Å². The van der Waals surface area contributed by atoms with Gasteiger partial charge in [-0.25, -0.2) is 0 Å². The summed E-state index contributed by atoms with van der Waals surface area (Å²) in [5.41, 5.74) is 1.72. The Bertz CT molecular complexity index is 815. The molecule has 2 amide bonds. The molecule has 1 aliphatic heterocycles. The van der Waals surface area contributed by atoms with Gasteiger partial charge >= 0.3 is 0 Å². The van der Waals surface area contributed by atoms with Gasteiger partial charge in [-0.1, -0.05) is 30.3 Å². The molecule has 7 nitrogen and oxygen atoms in total. The second-order valence-corrected chi connectivity index (χ2v) is 8.35. The van der Waals surface area contributed by atoms with Gasteiger partial charge in [-0.2, -0.15) is 5.10 Å². The highest BCUT2D eigenvalue weighted by atomic mass is 16.2. The molecule has 2 atom stereocenters. The van der Waals surface area contributed by atoms with E-state index in [2.05, 4.69) is 44.9 Å². The largest absolute Gasteiger partial charge is 0.353 e. The van der Waals surface area contributed by atoms with Gasteiger partial charge in [0.2, 0.25) is 5.91 Å². The maximum absolute atomic E-state index is 13.0. The van der Waals surface area contributed by atoms with Crippen molar-refractivity contribution in [1.29, 1.82) is 0 Å². The van der Waals surface area contributed by atoms with Crippen molar-refractivity contribution in [2.45, 2.75) is 43.7 Å². The van der Waals surface area contributed by atoms with Crippen LogP contribution in [0.4, 0.5) is 0 Å². The molecular formula is C22H29N5O2. The Labute approximate surface area is 171 Å². The second-order valence-electron chi connectivity index (χ2n) is 8.35. The van der Waals surface area contributed by atoms with E-state index in [1.54, 1.807) is 12.3 Å². The molecule has 0 unspecified atom stereocenters. The summed E-state index contributed by atoms with van der Waals surface area (Å²) in [6.45, 7) is 1.70. The van der Waals surface area contributed by atoms with Gasteiger partial charge in [0.05, 0.1) is 5.92 Å². The van der Waals surface area contributed by atoms with Crippen molar-refractivity contribution in [3.63, 3.8) is 0 Å². The molecule has 0 radical (unpaired) electrons. The van der Waals surface area contributed by atoms with Crippen molar-refractivity contribution in [3.05, 3.63) is 53.9 Å². The number of nitrogens with one attached hydrogen (secondary N) is 3. The number of carbonyl (C=O) groups excluding carboxylic acids is 2. The number of hydrogen-bond donors (Lipinski definition) is 3. The van der Waals surface area contributed by atoms with Crippen molar-refractivity contribution in [2.75, 3.05) is 20.1 Å². The summed E-state index contributed by atoms with van der Waals surface area (Å²) in [5.74, 6) is 0.272. The van der Waals surface area contributed by atoms with Crippen LogP contribution in [-0.2, 0) is 4.79 Å². The topological polar surface area (TPSA) is 90.1 Å². The molecule has 3 N–H and O–H groups in total. The number of nitrogens with zero attached hydrogens (tertiary/aromatic N) is 2. The lowest BCUT2D eigenvalue weighted by molar-refractivity contribution is -0.126. The molecule has 0 spiro atoms. The summed E-state index contributed by atoms with van der Waals surface area (Å²) in [5, 5.41) is 12.8. The SMILES string of the molecule is CN1C[C@H](C(=O)NC2CCC(NC(=O)c3ccn[nH]3)CC2)[C@@H](c2ccccc2)C1. The minimum absolute atomic E-state index is 0.0137. The number of carbonyl (C=O) groups is 2. The highest BCUT2D eigenvalue weighted by Crippen LogP contribution is 2.32. The van der Waals surface area contributed by atoms with Crippen LogP contribution in [0.2, 0.25) is 0 Å². The maximum atomic E-state index is 13.0. The lowest BCUT2D eigenvalue weighted by atomic mass is 9.87. The van der Waals surface area contributed by atoms with E-state index in [1.807, 2.05) is 18.2 Å². The van der Waals surface area contributed by atoms with Crippen LogP contribution in [0, 0.1) is 5.92 Å². The number of rotatable bonds is 5. The van der Waals surface area contributed by atoms with Crippen molar-refractivity contribution in [2.24, 2.45) is 5.92 Å². The molecule has 4 rings (SSSR count). The summed E-state index contributed by atoms with van der Waals surface area (Å²) in [4.78, 5) is 27.4. The number of likely N-dealkylation sites (N-methyl/N-ethyl adjacent to an activating group) is 1. The Balaban J connectivity index is 1.28. The number of hydrogen-bond acceptors (Lipinski definition) is 4. The van der Waals surface area contributed by atoms with Gasteiger partial charge in [0, 0.05) is 37.3 Å². The van der Waals surface area contributed by atoms with Crippen LogP contribution in [-0.4, -0.2) is 59.1 Å². The molecule has 1 saturated carbocycles. The molecule has 2 fully saturated rings. The number of H-pyrrole nitrogens is 1. The Morgan fingerprint density at radius 3 is 2.34 bits per heavy atom. The van der Waals surface area contributed by atoms with Crippen LogP contribution in [0.5, 0.6) is 0 Å². The van der Waals surface area contributed by atoms with Crippen molar-refractivity contribution in [1.82, 2.24) is 25.7 Å². The normalized spacial score (nSPS) is 27.5. The summed E-state index contributed by atoms with van der Waals surface area (Å²) >= 11 is 0. The van der Waals surface area contributed by atoms with Crippen LogP contribution in [0.3, 0.4) is 0 Å². The predicted molar refractivity (Wildman–Crippen MR) is 110 cm³/mol. The van der Waals surface area contributed by atoms with E-state index in [1.165, 1.54) is 5.56 Å². The fraction of sp³-hybridized carbons (Fsp3) is 0.500. The number of benzene rings is 1. The standard InChI is InChI=1S/C22H29N5O2/c1-27-13-18(15-5-3-2-4-6-15)19(14-27)21(28)24-16-7-9-17(10-8-16)25-22(29)20-11-12-23-26-20/h2-6,11-12,16-19H,7-10,13-14H2,1H3,(H,23,26)(H,24,28)(H,25,29)/t16?,17?,18-,19+/m1/s1. The lowest BCUT2D eigenvalue weighted by Crippen LogP contribution is -2.46. The van der Waals surface area contributed by atoms with Crippen molar-refractivity contribution < 1.29 is 9.59 Å². The van der Waals surface area contributed by atoms with Crippen LogP contribution in [0.15, 0.2) is 42.6 Å². The van der Waals surface area contributed by atoms with Crippen molar-refractivity contribution in [3.8, 4) is 0 Å². The Kier molecular flexibility index (Phi) is 5.94. The highest BCUT2D eigenvalue weighted by molar-refractivity contribution is 5.92. The molecule has 2 aliphatic rings. The highest BCUT2D eigenvalue weighted by Gasteiger charge is 2.38. The number of likely N-dealkylation sites (tertiary alicyclic amines) is 1. The molecule has 1 aliphatic carbocycles. The maximum Gasteiger partial charge on any atom is 0.269 e. The molecule has 2 aromatic rings. The first kappa shape index (κ1) is 19.6. The fourth-order valence-corrected chi connectivity index (χ4v) is 4.64. The van der Waals surface area contributed by atoms with Crippen LogP contribution >= 0.6 is 0 Å². The number of amides is 2. The monoisotopic (exact) mass is 395 g/mol. The fourth-order valence-electron chi connectivity index (χ4n) is 4.64. The molecular weight excluding hydrogens is 366 g/mol. The summed E-state index contributed by atoms with van der Waals surface area (Å²) in [6, 6.07) is 12.3. The average Bonchev–Trinajstić information content (AvgIpc) is 3.40. The second kappa shape index (κ2) is 8.78.